The van der Waals surface area contributed by atoms with E-state index in [4.69, 9.17) is 12.2 Å². The van der Waals surface area contributed by atoms with Crippen molar-refractivity contribution in [2.45, 2.75) is 21.8 Å². The van der Waals surface area contributed by atoms with Gasteiger partial charge in [0.25, 0.3) is 0 Å². The summed E-state index contributed by atoms with van der Waals surface area (Å²) in [5, 5.41) is 0. The van der Waals surface area contributed by atoms with Crippen molar-refractivity contribution < 1.29 is 0 Å². The minimum atomic E-state index is 0. The lowest BCUT2D eigenvalue weighted by molar-refractivity contribution is 0.632. The van der Waals surface area contributed by atoms with Gasteiger partial charge in [-0.1, -0.05) is 27.1 Å². The topological polar surface area (TPSA) is 3.24 Å². The Morgan fingerprint density at radius 1 is 1.25 bits per heavy atom. The molecule has 0 bridgehead atoms. The van der Waals surface area contributed by atoms with Gasteiger partial charge in [0.05, 0.1) is 4.99 Å². The van der Waals surface area contributed by atoms with Crippen LogP contribution in [0.1, 0.15) is 21.8 Å². The van der Waals surface area contributed by atoms with Gasteiger partial charge in [-0.2, -0.15) is 0 Å². The van der Waals surface area contributed by atoms with Gasteiger partial charge >= 0.3 is 0 Å². The largest absolute Gasteiger partial charge is 0.373 e. The van der Waals surface area contributed by atoms with Gasteiger partial charge in [-0.25, -0.2) is 0 Å². The van der Waals surface area contributed by atoms with Crippen molar-refractivity contribution in [1.82, 2.24) is 4.90 Å². The number of rotatable bonds is 0. The Hall–Kier alpha value is -0.110. The maximum absolute atomic E-state index is 4.75. The fourth-order valence-corrected chi connectivity index (χ4v) is 0. The highest BCUT2D eigenvalue weighted by molar-refractivity contribution is 7.80. The van der Waals surface area contributed by atoms with Crippen molar-refractivity contribution in [2.24, 2.45) is 0 Å². The second-order valence-corrected chi connectivity index (χ2v) is 2.00. The molecule has 0 spiro atoms. The lowest BCUT2D eigenvalue weighted by Gasteiger charge is -2.06. The molecule has 8 heavy (non-hydrogen) atoms. The van der Waals surface area contributed by atoms with E-state index in [-0.39, 0.29) is 14.9 Å². The molecule has 0 aliphatic carbocycles. The van der Waals surface area contributed by atoms with E-state index in [2.05, 4.69) is 0 Å². The summed E-state index contributed by atoms with van der Waals surface area (Å²) in [7, 11) is 3.87. The van der Waals surface area contributed by atoms with E-state index in [0.717, 1.165) is 4.99 Å². The Morgan fingerprint density at radius 2 is 1.38 bits per heavy atom. The van der Waals surface area contributed by atoms with E-state index < -0.39 is 0 Å². The third-order valence-electron chi connectivity index (χ3n) is 0.630. The van der Waals surface area contributed by atoms with E-state index in [1.54, 1.807) is 0 Å². The van der Waals surface area contributed by atoms with Crippen LogP contribution in [0.5, 0.6) is 0 Å². The SMILES string of the molecule is C.C.CC(=S)N(C)C. The van der Waals surface area contributed by atoms with Crippen molar-refractivity contribution in [3.63, 3.8) is 0 Å². The Morgan fingerprint density at radius 3 is 1.38 bits per heavy atom. The highest BCUT2D eigenvalue weighted by Gasteiger charge is 1.82. The predicted octanol–water partition coefficient (Wildman–Crippen LogP) is 2.17. The summed E-state index contributed by atoms with van der Waals surface area (Å²) in [6.45, 7) is 1.90. The van der Waals surface area contributed by atoms with Crippen LogP contribution in [-0.4, -0.2) is 24.0 Å². The summed E-state index contributed by atoms with van der Waals surface area (Å²) in [5.74, 6) is 0. The van der Waals surface area contributed by atoms with Crippen LogP contribution in [0.4, 0.5) is 0 Å². The fraction of sp³-hybridized carbons (Fsp3) is 0.833. The summed E-state index contributed by atoms with van der Waals surface area (Å²) in [5.41, 5.74) is 0. The van der Waals surface area contributed by atoms with E-state index in [1.165, 1.54) is 0 Å². The minimum Gasteiger partial charge on any atom is -0.373 e. The van der Waals surface area contributed by atoms with Gasteiger partial charge in [-0.3, -0.25) is 0 Å². The van der Waals surface area contributed by atoms with E-state index in [9.17, 15) is 0 Å². The molecule has 52 valence electrons. The minimum absolute atomic E-state index is 0. The van der Waals surface area contributed by atoms with Crippen LogP contribution >= 0.6 is 12.2 Å². The lowest BCUT2D eigenvalue weighted by atomic mass is 10.7. The van der Waals surface area contributed by atoms with Gasteiger partial charge in [0.2, 0.25) is 0 Å². The molecule has 0 aromatic heterocycles. The number of hydrogen-bond acceptors (Lipinski definition) is 1. The zero-order chi connectivity index (χ0) is 5.15. The highest BCUT2D eigenvalue weighted by atomic mass is 32.1. The smallest absolute Gasteiger partial charge is 0.0742 e. The monoisotopic (exact) mass is 135 g/mol. The molecule has 0 atom stereocenters. The molecule has 0 rings (SSSR count). The van der Waals surface area contributed by atoms with E-state index in [1.807, 2.05) is 25.9 Å². The third-order valence-corrected chi connectivity index (χ3v) is 0.995. The van der Waals surface area contributed by atoms with Gasteiger partial charge in [-0.05, 0) is 6.92 Å². The first-order valence-electron chi connectivity index (χ1n) is 1.82. The first-order chi connectivity index (χ1) is 2.64. The Kier molecular flexibility index (Phi) is 13.5. The van der Waals surface area contributed by atoms with E-state index in [0.29, 0.717) is 0 Å². The molecular formula is C6H17NS. The van der Waals surface area contributed by atoms with Gasteiger partial charge in [0.1, 0.15) is 0 Å². The standard InChI is InChI=1S/C4H9NS.2CH4/c1-4(6)5(2)3;;/h1-3H3;2*1H4. The maximum atomic E-state index is 4.75. The molecule has 0 radical (unpaired) electrons. The first-order valence-corrected chi connectivity index (χ1v) is 2.23. The van der Waals surface area contributed by atoms with Crippen LogP contribution in [0.2, 0.25) is 0 Å². The van der Waals surface area contributed by atoms with Crippen molar-refractivity contribution in [2.75, 3.05) is 14.1 Å². The summed E-state index contributed by atoms with van der Waals surface area (Å²) in [4.78, 5) is 2.82. The molecule has 0 saturated heterocycles. The molecular weight excluding hydrogens is 118 g/mol. The van der Waals surface area contributed by atoms with Crippen molar-refractivity contribution in [1.29, 1.82) is 0 Å². The number of hydrogen-bond donors (Lipinski definition) is 0. The lowest BCUT2D eigenvalue weighted by Crippen LogP contribution is -2.15. The second-order valence-electron chi connectivity index (χ2n) is 1.41. The molecule has 0 aromatic carbocycles. The molecule has 0 aromatic rings. The second kappa shape index (κ2) is 6.89. The van der Waals surface area contributed by atoms with Crippen LogP contribution in [-0.2, 0) is 0 Å². The van der Waals surface area contributed by atoms with Gasteiger partial charge in [-0.15, -0.1) is 0 Å². The van der Waals surface area contributed by atoms with Crippen LogP contribution < -0.4 is 0 Å². The molecule has 0 fully saturated rings. The van der Waals surface area contributed by atoms with Gasteiger partial charge in [0, 0.05) is 14.1 Å². The maximum Gasteiger partial charge on any atom is 0.0742 e. The molecule has 1 nitrogen and oxygen atoms in total. The number of thiocarbonyl (C=S) groups is 1. The van der Waals surface area contributed by atoms with Crippen molar-refractivity contribution in [3.8, 4) is 0 Å². The van der Waals surface area contributed by atoms with Crippen molar-refractivity contribution in [3.05, 3.63) is 0 Å². The Balaban J connectivity index is -0.000000125. The molecule has 0 amide bonds. The van der Waals surface area contributed by atoms with Crippen LogP contribution in [0, 0.1) is 0 Å². The average Bonchev–Trinajstić information content (AvgIpc) is 1.36. The molecule has 0 heterocycles. The predicted molar refractivity (Wildman–Crippen MR) is 45.4 cm³/mol. The third kappa shape index (κ3) is 9.31. The normalized spacial score (nSPS) is 5.88. The highest BCUT2D eigenvalue weighted by Crippen LogP contribution is 1.75. The van der Waals surface area contributed by atoms with E-state index >= 15 is 0 Å². The quantitative estimate of drug-likeness (QED) is 0.468. The van der Waals surface area contributed by atoms with Crippen LogP contribution in [0.15, 0.2) is 0 Å². The summed E-state index contributed by atoms with van der Waals surface area (Å²) < 4.78 is 0. The molecule has 2 heteroatoms. The molecule has 0 saturated carbocycles. The zero-order valence-electron chi connectivity index (χ0n) is 4.36. The van der Waals surface area contributed by atoms with Crippen LogP contribution in [0.3, 0.4) is 0 Å². The Labute approximate surface area is 58.7 Å². The van der Waals surface area contributed by atoms with Crippen molar-refractivity contribution >= 4 is 17.2 Å². The summed E-state index contributed by atoms with van der Waals surface area (Å²) in [6.07, 6.45) is 0. The average molecular weight is 135 g/mol. The zero-order valence-corrected chi connectivity index (χ0v) is 5.17. The Bertz CT molecular complexity index is 59.5. The molecule has 0 N–H and O–H groups in total. The molecule has 0 aliphatic heterocycles. The first kappa shape index (κ1) is 15.7. The number of nitrogens with zero attached hydrogens (tertiary/aromatic N) is 1. The fourth-order valence-electron chi connectivity index (χ4n) is 0. The summed E-state index contributed by atoms with van der Waals surface area (Å²) in [6, 6.07) is 0. The van der Waals surface area contributed by atoms with Gasteiger partial charge in [0.15, 0.2) is 0 Å². The molecule has 0 aliphatic rings. The van der Waals surface area contributed by atoms with Crippen LogP contribution in [0.25, 0.3) is 0 Å². The van der Waals surface area contributed by atoms with Gasteiger partial charge < -0.3 is 4.90 Å². The molecule has 0 unspecified atom stereocenters. The summed E-state index contributed by atoms with van der Waals surface area (Å²) >= 11 is 4.75.